The van der Waals surface area contributed by atoms with Crippen LogP contribution in [0.15, 0.2) is 18.3 Å². The molecule has 0 heterocycles. The fourth-order valence-electron chi connectivity index (χ4n) is 2.29. The van der Waals surface area contributed by atoms with Crippen LogP contribution in [0.3, 0.4) is 0 Å². The van der Waals surface area contributed by atoms with Crippen LogP contribution in [-0.2, 0) is 10.8 Å². The molecule has 1 aliphatic carbocycles. The molecule has 0 bridgehead atoms. The van der Waals surface area contributed by atoms with Crippen molar-refractivity contribution >= 4 is 15.1 Å². The zero-order chi connectivity index (χ0) is 14.0. The Morgan fingerprint density at radius 1 is 1.53 bits per heavy atom. The van der Waals surface area contributed by atoms with Gasteiger partial charge in [0.25, 0.3) is 0 Å². The predicted molar refractivity (Wildman–Crippen MR) is 72.1 cm³/mol. The van der Waals surface area contributed by atoms with Gasteiger partial charge in [-0.1, -0.05) is 0 Å². The number of halogens is 1. The third kappa shape index (κ3) is 3.27. The number of benzene rings is 1. The molecule has 101 valence electrons. The van der Waals surface area contributed by atoms with Crippen LogP contribution < -0.4 is 0 Å². The van der Waals surface area contributed by atoms with Gasteiger partial charge < -0.3 is 4.43 Å². The minimum atomic E-state index is -0.829. The molecule has 0 fully saturated rings. The Balaban J connectivity index is 2.28. The first kappa shape index (κ1) is 13.9. The molecule has 19 heavy (non-hydrogen) atoms. The van der Waals surface area contributed by atoms with E-state index in [1.54, 1.807) is 6.07 Å². The van der Waals surface area contributed by atoms with Crippen molar-refractivity contribution in [1.82, 2.24) is 0 Å². The van der Waals surface area contributed by atoms with Crippen molar-refractivity contribution in [2.24, 2.45) is 0 Å². The second-order valence-electron chi connectivity index (χ2n) is 4.73. The van der Waals surface area contributed by atoms with Gasteiger partial charge in [0.1, 0.15) is 5.82 Å². The Bertz CT molecular complexity index is 531. The molecular weight excluding hydrogens is 265 g/mol. The zero-order valence-corrected chi connectivity index (χ0v) is 11.9. The third-order valence-corrected chi connectivity index (χ3v) is 3.79. The highest BCUT2D eigenvalue weighted by atomic mass is 28.3. The molecule has 0 N–H and O–H groups in total. The monoisotopic (exact) mass is 280 g/mol. The smallest absolute Gasteiger partial charge is 0.235 e. The summed E-state index contributed by atoms with van der Waals surface area (Å²) in [7, 11) is -0.829. The summed E-state index contributed by atoms with van der Waals surface area (Å²) >= 11 is 0. The number of rotatable bonds is 4. The van der Waals surface area contributed by atoms with E-state index in [-0.39, 0.29) is 11.7 Å². The molecule has 1 aliphatic rings. The molecule has 2 rings (SSSR count). The van der Waals surface area contributed by atoms with Crippen molar-refractivity contribution in [2.45, 2.75) is 32.0 Å². The van der Waals surface area contributed by atoms with Crippen LogP contribution in [0.4, 0.5) is 4.39 Å². The molecule has 1 aromatic carbocycles. The molecule has 4 nitrogen and oxygen atoms in total. The van der Waals surface area contributed by atoms with Gasteiger partial charge in [0.15, 0.2) is 0 Å². The standard InChI is InChI=1S/C13H15FNO3Si/c1-19(2)18-13-4-3-9-7-10(5-6-15(16)17)12(14)8-11(9)13/h5-8,13H,3-4H2,1-2H3. The lowest BCUT2D eigenvalue weighted by atomic mass is 10.0. The fraction of sp³-hybridized carbons (Fsp3) is 0.385. The second-order valence-corrected chi connectivity index (χ2v) is 6.78. The van der Waals surface area contributed by atoms with Crippen molar-refractivity contribution in [3.63, 3.8) is 0 Å². The van der Waals surface area contributed by atoms with E-state index in [4.69, 9.17) is 4.43 Å². The zero-order valence-electron chi connectivity index (χ0n) is 10.9. The number of hydrogen-bond donors (Lipinski definition) is 0. The van der Waals surface area contributed by atoms with Crippen LogP contribution in [0, 0.1) is 15.9 Å². The summed E-state index contributed by atoms with van der Waals surface area (Å²) in [6, 6.07) is 3.14. The lowest BCUT2D eigenvalue weighted by Gasteiger charge is -2.15. The molecule has 0 aliphatic heterocycles. The highest BCUT2D eigenvalue weighted by Crippen LogP contribution is 2.36. The van der Waals surface area contributed by atoms with E-state index < -0.39 is 19.8 Å². The summed E-state index contributed by atoms with van der Waals surface area (Å²) in [5.41, 5.74) is 2.18. The molecule has 6 heteroatoms. The molecule has 0 saturated heterocycles. The quantitative estimate of drug-likeness (QED) is 0.483. The van der Waals surface area contributed by atoms with Crippen LogP contribution in [0.25, 0.3) is 6.08 Å². The number of nitro groups is 1. The van der Waals surface area contributed by atoms with E-state index >= 15 is 0 Å². The maximum absolute atomic E-state index is 13.9. The topological polar surface area (TPSA) is 52.4 Å². The van der Waals surface area contributed by atoms with Gasteiger partial charge in [-0.3, -0.25) is 10.1 Å². The Kier molecular flexibility index (Phi) is 4.11. The normalized spacial score (nSPS) is 18.2. The van der Waals surface area contributed by atoms with E-state index in [9.17, 15) is 14.5 Å². The van der Waals surface area contributed by atoms with Crippen molar-refractivity contribution in [3.8, 4) is 0 Å². The van der Waals surface area contributed by atoms with E-state index in [1.807, 2.05) is 13.1 Å². The first-order chi connectivity index (χ1) is 8.97. The van der Waals surface area contributed by atoms with Gasteiger partial charge >= 0.3 is 0 Å². The van der Waals surface area contributed by atoms with Gasteiger partial charge in [-0.2, -0.15) is 0 Å². The van der Waals surface area contributed by atoms with E-state index in [0.717, 1.165) is 30.2 Å². The van der Waals surface area contributed by atoms with Gasteiger partial charge in [0, 0.05) is 11.6 Å². The highest BCUT2D eigenvalue weighted by Gasteiger charge is 2.25. The lowest BCUT2D eigenvalue weighted by molar-refractivity contribution is -0.400. The molecular formula is C13H15FNO3Si. The second kappa shape index (κ2) is 5.62. The van der Waals surface area contributed by atoms with Crippen molar-refractivity contribution in [1.29, 1.82) is 0 Å². The first-order valence-electron chi connectivity index (χ1n) is 6.08. The summed E-state index contributed by atoms with van der Waals surface area (Å²) in [5, 5.41) is 10.3. The van der Waals surface area contributed by atoms with Gasteiger partial charge in [0.2, 0.25) is 15.2 Å². The average molecular weight is 280 g/mol. The number of hydrogen-bond acceptors (Lipinski definition) is 3. The van der Waals surface area contributed by atoms with E-state index in [1.165, 1.54) is 12.1 Å². The summed E-state index contributed by atoms with van der Waals surface area (Å²) in [5.74, 6) is -0.437. The first-order valence-corrected chi connectivity index (χ1v) is 8.49. The van der Waals surface area contributed by atoms with Gasteiger partial charge in [-0.15, -0.1) is 0 Å². The van der Waals surface area contributed by atoms with Crippen LogP contribution in [0.5, 0.6) is 0 Å². The van der Waals surface area contributed by atoms with Crippen molar-refractivity contribution < 1.29 is 13.7 Å². The minimum absolute atomic E-state index is 0.0260. The third-order valence-electron chi connectivity index (χ3n) is 3.04. The van der Waals surface area contributed by atoms with Crippen LogP contribution in [0.1, 0.15) is 29.2 Å². The van der Waals surface area contributed by atoms with Crippen molar-refractivity contribution in [2.75, 3.05) is 0 Å². The number of aryl methyl sites for hydroxylation is 1. The molecule has 1 radical (unpaired) electrons. The van der Waals surface area contributed by atoms with Crippen LogP contribution in [0.2, 0.25) is 13.1 Å². The van der Waals surface area contributed by atoms with E-state index in [2.05, 4.69) is 0 Å². The average Bonchev–Trinajstić information content (AvgIpc) is 2.68. The SMILES string of the molecule is C[Si](C)OC1CCc2cc(C=C[N+](=O)[O-])c(F)cc21. The molecule has 0 amide bonds. The van der Waals surface area contributed by atoms with Gasteiger partial charge in [-0.05, 0) is 49.2 Å². The molecule has 0 spiro atoms. The highest BCUT2D eigenvalue weighted by molar-refractivity contribution is 6.48. The fourth-order valence-corrected chi connectivity index (χ4v) is 3.10. The maximum Gasteiger partial charge on any atom is 0.235 e. The molecule has 1 atom stereocenters. The Morgan fingerprint density at radius 2 is 2.26 bits per heavy atom. The number of fused-ring (bicyclic) bond motifs is 1. The molecule has 1 unspecified atom stereocenters. The maximum atomic E-state index is 13.9. The Morgan fingerprint density at radius 3 is 2.89 bits per heavy atom. The predicted octanol–water partition coefficient (Wildman–Crippen LogP) is 3.33. The number of nitrogens with zero attached hydrogens (tertiary/aromatic N) is 1. The summed E-state index contributed by atoms with van der Waals surface area (Å²) in [6.45, 7) is 4.10. The van der Waals surface area contributed by atoms with Crippen LogP contribution >= 0.6 is 0 Å². The van der Waals surface area contributed by atoms with Gasteiger partial charge in [0.05, 0.1) is 11.0 Å². The largest absolute Gasteiger partial charge is 0.410 e. The lowest BCUT2D eigenvalue weighted by Crippen LogP contribution is -2.12. The summed E-state index contributed by atoms with van der Waals surface area (Å²) in [4.78, 5) is 9.67. The molecule has 0 aromatic heterocycles. The Hall–Kier alpha value is -1.53. The van der Waals surface area contributed by atoms with Crippen LogP contribution in [-0.4, -0.2) is 14.0 Å². The summed E-state index contributed by atoms with van der Waals surface area (Å²) in [6.07, 6.45) is 3.61. The summed E-state index contributed by atoms with van der Waals surface area (Å²) < 4.78 is 19.7. The molecule has 0 saturated carbocycles. The van der Waals surface area contributed by atoms with E-state index in [0.29, 0.717) is 0 Å². The minimum Gasteiger partial charge on any atom is -0.410 e. The van der Waals surface area contributed by atoms with Gasteiger partial charge in [-0.25, -0.2) is 4.39 Å². The molecule has 1 aromatic rings. The Labute approximate surface area is 112 Å². The van der Waals surface area contributed by atoms with Crippen molar-refractivity contribution in [3.05, 3.63) is 51.0 Å².